The van der Waals surface area contributed by atoms with Crippen LogP contribution in [0.15, 0.2) is 0 Å². The maximum atomic E-state index is 12.7. The smallest absolute Gasteiger partial charge is 0.333 e. The van der Waals surface area contributed by atoms with E-state index < -0.39 is 24.3 Å². The summed E-state index contributed by atoms with van der Waals surface area (Å²) in [5.74, 6) is -2.00. The molecular weight excluding hydrogens is 296 g/mol. The van der Waals surface area contributed by atoms with Crippen molar-refractivity contribution in [1.29, 1.82) is 0 Å². The molecule has 0 bridgehead atoms. The van der Waals surface area contributed by atoms with Gasteiger partial charge in [-0.2, -0.15) is 13.9 Å². The molecule has 0 spiro atoms. The molecular formula is C14H21F2N3O3. The molecule has 1 aromatic heterocycles. The molecule has 0 fully saturated rings. The van der Waals surface area contributed by atoms with E-state index >= 15 is 0 Å². The summed E-state index contributed by atoms with van der Waals surface area (Å²) in [6.07, 6.45) is 1.08. The van der Waals surface area contributed by atoms with E-state index in [-0.39, 0.29) is 18.7 Å². The van der Waals surface area contributed by atoms with Crippen LogP contribution in [0, 0.1) is 19.8 Å². The average Bonchev–Trinajstić information content (AvgIpc) is 2.71. The number of alkyl halides is 2. The van der Waals surface area contributed by atoms with Gasteiger partial charge in [0.05, 0.1) is 18.0 Å². The molecule has 0 radical (unpaired) electrons. The van der Waals surface area contributed by atoms with Crippen LogP contribution in [0.1, 0.15) is 43.3 Å². The normalized spacial score (nSPS) is 12.5. The van der Waals surface area contributed by atoms with Gasteiger partial charge < -0.3 is 10.4 Å². The van der Waals surface area contributed by atoms with E-state index in [1.54, 1.807) is 6.92 Å². The molecule has 0 saturated heterocycles. The monoisotopic (exact) mass is 317 g/mol. The molecule has 1 rings (SSSR count). The highest BCUT2D eigenvalue weighted by Gasteiger charge is 2.21. The van der Waals surface area contributed by atoms with Crippen molar-refractivity contribution in [3.8, 4) is 0 Å². The highest BCUT2D eigenvalue weighted by Crippen LogP contribution is 2.19. The van der Waals surface area contributed by atoms with Crippen LogP contribution in [-0.2, 0) is 16.0 Å². The third-order valence-corrected chi connectivity index (χ3v) is 3.53. The molecule has 0 aliphatic carbocycles. The quantitative estimate of drug-likeness (QED) is 0.768. The molecule has 1 unspecified atom stereocenters. The number of nitrogens with one attached hydrogen (secondary N) is 1. The lowest BCUT2D eigenvalue weighted by molar-refractivity contribution is -0.141. The Morgan fingerprint density at radius 2 is 2.00 bits per heavy atom. The standard InChI is InChI=1S/C14H21F2N3O3/c1-4-5-10(13(21)22)7-17-12(20)6-11-8(2)18-19(9(11)3)14(15)16/h10,14H,4-7H2,1-3H3,(H,17,20)(H,21,22). The van der Waals surface area contributed by atoms with Crippen LogP contribution >= 0.6 is 0 Å². The summed E-state index contributed by atoms with van der Waals surface area (Å²) in [6, 6.07) is 0. The minimum atomic E-state index is -2.75. The summed E-state index contributed by atoms with van der Waals surface area (Å²) < 4.78 is 26.0. The topological polar surface area (TPSA) is 84.2 Å². The number of carboxylic acids is 1. The van der Waals surface area contributed by atoms with Gasteiger partial charge in [-0.3, -0.25) is 9.59 Å². The molecule has 22 heavy (non-hydrogen) atoms. The molecule has 6 nitrogen and oxygen atoms in total. The van der Waals surface area contributed by atoms with Crippen LogP contribution in [0.25, 0.3) is 0 Å². The molecule has 1 atom stereocenters. The maximum absolute atomic E-state index is 12.7. The summed E-state index contributed by atoms with van der Waals surface area (Å²) >= 11 is 0. The zero-order valence-corrected chi connectivity index (χ0v) is 12.9. The maximum Gasteiger partial charge on any atom is 0.333 e. The minimum absolute atomic E-state index is 0.0308. The molecule has 0 saturated carbocycles. The van der Waals surface area contributed by atoms with Crippen molar-refractivity contribution in [3.63, 3.8) is 0 Å². The molecule has 0 aliphatic rings. The molecule has 0 aromatic carbocycles. The van der Waals surface area contributed by atoms with Crippen molar-refractivity contribution < 1.29 is 23.5 Å². The molecule has 124 valence electrons. The van der Waals surface area contributed by atoms with Gasteiger partial charge in [0.15, 0.2) is 0 Å². The fraction of sp³-hybridized carbons (Fsp3) is 0.643. The number of carbonyl (C=O) groups is 2. The van der Waals surface area contributed by atoms with Gasteiger partial charge in [0, 0.05) is 17.8 Å². The Morgan fingerprint density at radius 3 is 2.45 bits per heavy atom. The van der Waals surface area contributed by atoms with Crippen LogP contribution in [0.3, 0.4) is 0 Å². The predicted octanol–water partition coefficient (Wildman–Crippen LogP) is 2.05. The number of aryl methyl sites for hydroxylation is 1. The van der Waals surface area contributed by atoms with Gasteiger partial charge in [-0.05, 0) is 20.3 Å². The van der Waals surface area contributed by atoms with Gasteiger partial charge in [-0.15, -0.1) is 0 Å². The Hall–Kier alpha value is -1.99. The zero-order chi connectivity index (χ0) is 16.9. The first-order valence-corrected chi connectivity index (χ1v) is 7.10. The molecule has 0 aliphatic heterocycles. The number of aromatic nitrogens is 2. The second kappa shape index (κ2) is 7.86. The Labute approximate surface area is 127 Å². The van der Waals surface area contributed by atoms with E-state index in [4.69, 9.17) is 5.11 Å². The first-order valence-electron chi connectivity index (χ1n) is 7.10. The number of nitrogens with zero attached hydrogens (tertiary/aromatic N) is 2. The number of hydrogen-bond acceptors (Lipinski definition) is 3. The fourth-order valence-electron chi connectivity index (χ4n) is 2.26. The van der Waals surface area contributed by atoms with Gasteiger partial charge in [0.2, 0.25) is 5.91 Å². The lowest BCUT2D eigenvalue weighted by atomic mass is 10.0. The van der Waals surface area contributed by atoms with Crippen molar-refractivity contribution in [2.45, 2.75) is 46.6 Å². The van der Waals surface area contributed by atoms with Gasteiger partial charge in [0.25, 0.3) is 0 Å². The number of hydrogen-bond donors (Lipinski definition) is 2. The Bertz CT molecular complexity index is 544. The van der Waals surface area contributed by atoms with E-state index in [2.05, 4.69) is 10.4 Å². The summed E-state index contributed by atoms with van der Waals surface area (Å²) in [5, 5.41) is 15.3. The van der Waals surface area contributed by atoms with E-state index in [1.165, 1.54) is 6.92 Å². The van der Waals surface area contributed by atoms with Crippen LogP contribution in [-0.4, -0.2) is 33.3 Å². The fourth-order valence-corrected chi connectivity index (χ4v) is 2.26. The van der Waals surface area contributed by atoms with Crippen molar-refractivity contribution >= 4 is 11.9 Å². The summed E-state index contributed by atoms with van der Waals surface area (Å²) in [5.41, 5.74) is 1.06. The highest BCUT2D eigenvalue weighted by atomic mass is 19.3. The minimum Gasteiger partial charge on any atom is -0.481 e. The third-order valence-electron chi connectivity index (χ3n) is 3.53. The van der Waals surface area contributed by atoms with Crippen LogP contribution < -0.4 is 5.32 Å². The van der Waals surface area contributed by atoms with E-state index in [9.17, 15) is 18.4 Å². The third kappa shape index (κ3) is 4.51. The lowest BCUT2D eigenvalue weighted by Crippen LogP contribution is -2.34. The number of carbonyl (C=O) groups excluding carboxylic acids is 1. The molecule has 1 amide bonds. The second-order valence-electron chi connectivity index (χ2n) is 5.18. The first kappa shape index (κ1) is 18.1. The Balaban J connectivity index is 2.68. The summed E-state index contributed by atoms with van der Waals surface area (Å²) in [7, 11) is 0. The average molecular weight is 317 g/mol. The van der Waals surface area contributed by atoms with Crippen LogP contribution in [0.4, 0.5) is 8.78 Å². The molecule has 1 aromatic rings. The number of carboxylic acid groups (broad SMARTS) is 1. The van der Waals surface area contributed by atoms with Crippen molar-refractivity contribution in [1.82, 2.24) is 15.1 Å². The van der Waals surface area contributed by atoms with Gasteiger partial charge in [0.1, 0.15) is 0 Å². The second-order valence-corrected chi connectivity index (χ2v) is 5.18. The summed E-state index contributed by atoms with van der Waals surface area (Å²) in [6.45, 7) is 2.18. The van der Waals surface area contributed by atoms with Gasteiger partial charge in [-0.25, -0.2) is 4.68 Å². The van der Waals surface area contributed by atoms with E-state index in [0.717, 1.165) is 0 Å². The van der Waals surface area contributed by atoms with Crippen molar-refractivity contribution in [3.05, 3.63) is 17.0 Å². The van der Waals surface area contributed by atoms with E-state index in [1.807, 2.05) is 6.92 Å². The van der Waals surface area contributed by atoms with Crippen LogP contribution in [0.5, 0.6) is 0 Å². The lowest BCUT2D eigenvalue weighted by Gasteiger charge is -2.12. The van der Waals surface area contributed by atoms with Gasteiger partial charge >= 0.3 is 12.5 Å². The molecule has 1 heterocycles. The SMILES string of the molecule is CCCC(CNC(=O)Cc1c(C)nn(C(F)F)c1C)C(=O)O. The van der Waals surface area contributed by atoms with Gasteiger partial charge in [-0.1, -0.05) is 13.3 Å². The Kier molecular flexibility index (Phi) is 6.45. The van der Waals surface area contributed by atoms with E-state index in [0.29, 0.717) is 28.8 Å². The highest BCUT2D eigenvalue weighted by molar-refractivity contribution is 5.80. The van der Waals surface area contributed by atoms with Crippen molar-refractivity contribution in [2.24, 2.45) is 5.92 Å². The number of halogens is 2. The number of amides is 1. The number of rotatable bonds is 8. The number of aliphatic carboxylic acids is 1. The van der Waals surface area contributed by atoms with Crippen molar-refractivity contribution in [2.75, 3.05) is 6.54 Å². The summed E-state index contributed by atoms with van der Waals surface area (Å²) in [4.78, 5) is 22.9. The molecule has 2 N–H and O–H groups in total. The van der Waals surface area contributed by atoms with Crippen LogP contribution in [0.2, 0.25) is 0 Å². The Morgan fingerprint density at radius 1 is 1.36 bits per heavy atom. The zero-order valence-electron chi connectivity index (χ0n) is 12.9. The first-order chi connectivity index (χ1) is 10.3. The predicted molar refractivity (Wildman–Crippen MR) is 75.7 cm³/mol. The largest absolute Gasteiger partial charge is 0.481 e. The molecule has 8 heteroatoms.